The molecule has 0 heteroatoms. The molecule has 0 N–H and O–H groups in total. The quantitative estimate of drug-likeness (QED) is 0.418. The van der Waals surface area contributed by atoms with Gasteiger partial charge in [-0.1, -0.05) is 92.3 Å². The minimum absolute atomic E-state index is 0.339. The second-order valence-corrected chi connectivity index (χ2v) is 6.94. The summed E-state index contributed by atoms with van der Waals surface area (Å²) >= 11 is 0. The molecular weight excluding hydrogens is 300 g/mol. The van der Waals surface area contributed by atoms with Crippen molar-refractivity contribution in [2.75, 3.05) is 0 Å². The second kappa shape index (κ2) is 11.9. The fraction of sp³-hybridized carbons (Fsp3) is 0.520. The summed E-state index contributed by atoms with van der Waals surface area (Å²) in [6.45, 7) is 25.9. The number of benzene rings is 1. The lowest BCUT2D eigenvalue weighted by Crippen LogP contribution is -2.01. The van der Waals surface area contributed by atoms with E-state index in [4.69, 9.17) is 0 Å². The molecule has 1 unspecified atom stereocenters. The molecular formula is C25H40. The molecule has 0 amide bonds. The summed E-state index contributed by atoms with van der Waals surface area (Å²) in [6, 6.07) is 6.89. The summed E-state index contributed by atoms with van der Waals surface area (Å²) in [7, 11) is 0. The van der Waals surface area contributed by atoms with Gasteiger partial charge in [-0.2, -0.15) is 0 Å². The molecule has 0 aromatic heterocycles. The summed E-state index contributed by atoms with van der Waals surface area (Å²) in [5.41, 5.74) is 7.95. The molecule has 0 aliphatic rings. The van der Waals surface area contributed by atoms with Gasteiger partial charge in [0.05, 0.1) is 0 Å². The largest absolute Gasteiger partial charge is 0.0953 e. The maximum Gasteiger partial charge on any atom is 0.00553 e. The van der Waals surface area contributed by atoms with Crippen LogP contribution in [0.4, 0.5) is 0 Å². The topological polar surface area (TPSA) is 0 Å². The van der Waals surface area contributed by atoms with E-state index in [1.54, 1.807) is 0 Å². The minimum Gasteiger partial charge on any atom is -0.0953 e. The highest BCUT2D eigenvalue weighted by atomic mass is 14.2. The molecule has 0 fully saturated rings. The van der Waals surface area contributed by atoms with Gasteiger partial charge in [0.15, 0.2) is 0 Å². The van der Waals surface area contributed by atoms with Crippen molar-refractivity contribution in [3.05, 3.63) is 70.8 Å². The summed E-state index contributed by atoms with van der Waals surface area (Å²) in [5, 5.41) is 0. The van der Waals surface area contributed by atoms with Crippen LogP contribution in [-0.2, 0) is 6.42 Å². The van der Waals surface area contributed by atoms with E-state index >= 15 is 0 Å². The van der Waals surface area contributed by atoms with Gasteiger partial charge >= 0.3 is 0 Å². The first-order valence-corrected chi connectivity index (χ1v) is 9.99. The number of hydrogen-bond donors (Lipinski definition) is 0. The Morgan fingerprint density at radius 2 is 1.68 bits per heavy atom. The standard InChI is InChI=1S/C23H34.C2H6/c1-9-11-22-12-13-23(15-18(22)6)20(8)17(5)14-21(10-2)19(7)16(3)4;1-2/h12-16,20H,5,7,9-11H2,1-4,6,8H3;1-2H3/b21-14-;. The van der Waals surface area contributed by atoms with Gasteiger partial charge in [0.1, 0.15) is 0 Å². The molecule has 1 aromatic rings. The normalized spacial score (nSPS) is 12.4. The van der Waals surface area contributed by atoms with Gasteiger partial charge in [-0.15, -0.1) is 0 Å². The van der Waals surface area contributed by atoms with Crippen LogP contribution >= 0.6 is 0 Å². The van der Waals surface area contributed by atoms with E-state index in [0.29, 0.717) is 11.8 Å². The van der Waals surface area contributed by atoms with Gasteiger partial charge in [-0.05, 0) is 59.1 Å². The van der Waals surface area contributed by atoms with Crippen LogP contribution in [0.3, 0.4) is 0 Å². The average molecular weight is 341 g/mol. The average Bonchev–Trinajstić information content (AvgIpc) is 2.61. The third-order valence-corrected chi connectivity index (χ3v) is 4.79. The molecule has 0 radical (unpaired) electrons. The van der Waals surface area contributed by atoms with Crippen molar-refractivity contribution in [3.63, 3.8) is 0 Å². The summed E-state index contributed by atoms with van der Waals surface area (Å²) in [4.78, 5) is 0. The van der Waals surface area contributed by atoms with E-state index in [1.807, 2.05) is 13.8 Å². The van der Waals surface area contributed by atoms with Crippen LogP contribution in [0, 0.1) is 12.8 Å². The highest BCUT2D eigenvalue weighted by molar-refractivity contribution is 5.42. The van der Waals surface area contributed by atoms with Gasteiger partial charge in [0.25, 0.3) is 0 Å². The van der Waals surface area contributed by atoms with Crippen molar-refractivity contribution in [1.29, 1.82) is 0 Å². The van der Waals surface area contributed by atoms with Crippen molar-refractivity contribution in [2.24, 2.45) is 5.92 Å². The van der Waals surface area contributed by atoms with Crippen LogP contribution in [0.1, 0.15) is 83.9 Å². The molecule has 0 spiro atoms. The first-order valence-electron chi connectivity index (χ1n) is 9.99. The SMILES string of the molecule is C=C(/C(=C\C(=C)C(C)c1ccc(CCC)c(C)c1)CC)C(C)C.CC. The molecule has 1 atom stereocenters. The maximum atomic E-state index is 4.33. The Labute approximate surface area is 157 Å². The van der Waals surface area contributed by atoms with E-state index in [1.165, 1.54) is 39.8 Å². The third kappa shape index (κ3) is 7.06. The lowest BCUT2D eigenvalue weighted by molar-refractivity contribution is 0.768. The van der Waals surface area contributed by atoms with Crippen LogP contribution in [0.2, 0.25) is 0 Å². The molecule has 0 saturated heterocycles. The van der Waals surface area contributed by atoms with E-state index in [-0.39, 0.29) is 0 Å². The van der Waals surface area contributed by atoms with Crippen molar-refractivity contribution in [2.45, 2.75) is 80.6 Å². The number of hydrogen-bond acceptors (Lipinski definition) is 0. The highest BCUT2D eigenvalue weighted by Gasteiger charge is 2.12. The minimum atomic E-state index is 0.339. The Kier molecular flexibility index (Phi) is 11.2. The van der Waals surface area contributed by atoms with Crippen LogP contribution in [-0.4, -0.2) is 0 Å². The molecule has 0 aliphatic carbocycles. The molecule has 0 aliphatic heterocycles. The third-order valence-electron chi connectivity index (χ3n) is 4.79. The van der Waals surface area contributed by atoms with E-state index in [0.717, 1.165) is 12.8 Å². The smallest absolute Gasteiger partial charge is 0.00553 e. The fourth-order valence-corrected chi connectivity index (χ4v) is 2.89. The number of rotatable bonds is 8. The molecule has 0 heterocycles. The van der Waals surface area contributed by atoms with E-state index < -0.39 is 0 Å². The van der Waals surface area contributed by atoms with Gasteiger partial charge in [-0.25, -0.2) is 0 Å². The Morgan fingerprint density at radius 1 is 1.08 bits per heavy atom. The van der Waals surface area contributed by atoms with E-state index in [2.05, 4.69) is 79.0 Å². The molecule has 1 rings (SSSR count). The summed E-state index contributed by atoms with van der Waals surface area (Å²) < 4.78 is 0. The van der Waals surface area contributed by atoms with Gasteiger partial charge in [0.2, 0.25) is 0 Å². The lowest BCUT2D eigenvalue weighted by Gasteiger charge is -2.18. The van der Waals surface area contributed by atoms with Crippen LogP contribution in [0.25, 0.3) is 0 Å². The predicted octanol–water partition coefficient (Wildman–Crippen LogP) is 8.18. The van der Waals surface area contributed by atoms with Crippen LogP contribution in [0.5, 0.6) is 0 Å². The van der Waals surface area contributed by atoms with Crippen molar-refractivity contribution < 1.29 is 0 Å². The van der Waals surface area contributed by atoms with Crippen molar-refractivity contribution in [3.8, 4) is 0 Å². The molecule has 0 saturated carbocycles. The molecule has 140 valence electrons. The second-order valence-electron chi connectivity index (χ2n) is 6.94. The first-order chi connectivity index (χ1) is 11.8. The molecule has 25 heavy (non-hydrogen) atoms. The van der Waals surface area contributed by atoms with Gasteiger partial charge < -0.3 is 0 Å². The Balaban J connectivity index is 0.00000277. The fourth-order valence-electron chi connectivity index (χ4n) is 2.89. The van der Waals surface area contributed by atoms with Crippen molar-refractivity contribution >= 4 is 0 Å². The highest BCUT2D eigenvalue weighted by Crippen LogP contribution is 2.29. The molecule has 0 bridgehead atoms. The zero-order valence-electron chi connectivity index (χ0n) is 18.0. The summed E-state index contributed by atoms with van der Waals surface area (Å²) in [6.07, 6.45) is 5.62. The predicted molar refractivity (Wildman–Crippen MR) is 116 cm³/mol. The summed E-state index contributed by atoms with van der Waals surface area (Å²) in [5.74, 6) is 0.825. The maximum absolute atomic E-state index is 4.33. The van der Waals surface area contributed by atoms with Crippen molar-refractivity contribution in [1.82, 2.24) is 0 Å². The zero-order chi connectivity index (χ0) is 19.6. The van der Waals surface area contributed by atoms with Gasteiger partial charge in [-0.3, -0.25) is 0 Å². The van der Waals surface area contributed by atoms with Crippen LogP contribution < -0.4 is 0 Å². The Bertz CT molecular complexity index is 584. The lowest BCUT2D eigenvalue weighted by atomic mass is 9.87. The first kappa shape index (κ1) is 23.4. The monoisotopic (exact) mass is 340 g/mol. The van der Waals surface area contributed by atoms with Crippen LogP contribution in [0.15, 0.2) is 54.2 Å². The Morgan fingerprint density at radius 3 is 2.12 bits per heavy atom. The number of aryl methyl sites for hydroxylation is 2. The number of allylic oxidation sites excluding steroid dienone is 4. The Hall–Kier alpha value is -1.56. The van der Waals surface area contributed by atoms with E-state index in [9.17, 15) is 0 Å². The zero-order valence-corrected chi connectivity index (χ0v) is 18.0. The van der Waals surface area contributed by atoms with Gasteiger partial charge in [0, 0.05) is 5.92 Å². The molecule has 0 nitrogen and oxygen atoms in total. The molecule has 1 aromatic carbocycles.